The van der Waals surface area contributed by atoms with Crippen LogP contribution in [0.2, 0.25) is 0 Å². The Morgan fingerprint density at radius 3 is 2.36 bits per heavy atom. The van der Waals surface area contributed by atoms with Crippen molar-refractivity contribution in [3.8, 4) is 11.3 Å². The number of urea groups is 1. The second-order valence-corrected chi connectivity index (χ2v) is 7.37. The molecule has 4 N–H and O–H groups in total. The third-order valence-electron chi connectivity index (χ3n) is 4.10. The number of nitrogens with one attached hydrogen (secondary N) is 2. The standard InChI is InChI=1S/C18H24N4O2S/c1-9(2)15(21-17(19)24)16(23)22-18-20-14(8-25-18)13-7-11(4)10(3)6-12(13)5/h6-9,15H,1-5H3,(H3,19,21,24)(H,20,22,23)/t15-/m0/s1. The van der Waals surface area contributed by atoms with E-state index in [1.807, 2.05) is 26.2 Å². The first-order valence-electron chi connectivity index (χ1n) is 8.09. The van der Waals surface area contributed by atoms with Crippen LogP contribution in [-0.4, -0.2) is 23.0 Å². The van der Waals surface area contributed by atoms with Crippen molar-refractivity contribution >= 4 is 28.4 Å². The van der Waals surface area contributed by atoms with Crippen LogP contribution in [0.1, 0.15) is 30.5 Å². The number of nitrogens with zero attached hydrogens (tertiary/aromatic N) is 1. The van der Waals surface area contributed by atoms with Crippen LogP contribution in [0.25, 0.3) is 11.3 Å². The minimum Gasteiger partial charge on any atom is -0.352 e. The smallest absolute Gasteiger partial charge is 0.312 e. The molecule has 6 nitrogen and oxygen atoms in total. The van der Waals surface area contributed by atoms with E-state index in [-0.39, 0.29) is 11.8 Å². The molecule has 1 heterocycles. The summed E-state index contributed by atoms with van der Waals surface area (Å²) in [6.45, 7) is 9.87. The summed E-state index contributed by atoms with van der Waals surface area (Å²) >= 11 is 1.35. The van der Waals surface area contributed by atoms with Crippen molar-refractivity contribution in [3.63, 3.8) is 0 Å². The molecule has 0 spiro atoms. The van der Waals surface area contributed by atoms with Gasteiger partial charge in [-0.1, -0.05) is 19.9 Å². The minimum absolute atomic E-state index is 0.0890. The van der Waals surface area contributed by atoms with Crippen LogP contribution in [0, 0.1) is 26.7 Å². The SMILES string of the molecule is Cc1cc(C)c(-c2csc(NC(=O)[C@@H](NC(N)=O)C(C)C)n2)cc1C. The van der Waals surface area contributed by atoms with Gasteiger partial charge in [0.15, 0.2) is 5.13 Å². The van der Waals surface area contributed by atoms with Gasteiger partial charge in [-0.25, -0.2) is 9.78 Å². The number of benzene rings is 1. The van der Waals surface area contributed by atoms with Gasteiger partial charge in [0.1, 0.15) is 6.04 Å². The first-order valence-corrected chi connectivity index (χ1v) is 8.97. The van der Waals surface area contributed by atoms with Gasteiger partial charge in [0.25, 0.3) is 0 Å². The van der Waals surface area contributed by atoms with Crippen LogP contribution < -0.4 is 16.4 Å². The maximum atomic E-state index is 12.4. The average molecular weight is 360 g/mol. The molecule has 0 aliphatic rings. The van der Waals surface area contributed by atoms with Gasteiger partial charge >= 0.3 is 6.03 Å². The Kier molecular flexibility index (Phi) is 5.79. The predicted octanol–water partition coefficient (Wildman–Crippen LogP) is 3.37. The number of hydrogen-bond acceptors (Lipinski definition) is 4. The van der Waals surface area contributed by atoms with E-state index in [0.29, 0.717) is 5.13 Å². The molecular formula is C18H24N4O2S. The Morgan fingerprint density at radius 1 is 1.12 bits per heavy atom. The lowest BCUT2D eigenvalue weighted by Crippen LogP contribution is -2.49. The lowest BCUT2D eigenvalue weighted by atomic mass is 9.99. The predicted molar refractivity (Wildman–Crippen MR) is 102 cm³/mol. The lowest BCUT2D eigenvalue weighted by molar-refractivity contribution is -0.118. The highest BCUT2D eigenvalue weighted by atomic mass is 32.1. The Morgan fingerprint density at radius 2 is 1.76 bits per heavy atom. The number of carbonyl (C=O) groups excluding carboxylic acids is 2. The molecule has 0 saturated carbocycles. The Balaban J connectivity index is 2.20. The van der Waals surface area contributed by atoms with Crippen molar-refractivity contribution in [1.82, 2.24) is 10.3 Å². The molecule has 0 radical (unpaired) electrons. The number of rotatable bonds is 5. The summed E-state index contributed by atoms with van der Waals surface area (Å²) in [5, 5.41) is 7.64. The number of carbonyl (C=O) groups is 2. The highest BCUT2D eigenvalue weighted by Crippen LogP contribution is 2.29. The molecule has 0 aliphatic carbocycles. The molecule has 1 aromatic heterocycles. The first-order chi connectivity index (χ1) is 11.7. The molecule has 0 unspecified atom stereocenters. The fraction of sp³-hybridized carbons (Fsp3) is 0.389. The highest BCUT2D eigenvalue weighted by Gasteiger charge is 2.24. The van der Waals surface area contributed by atoms with Crippen LogP contribution in [0.5, 0.6) is 0 Å². The van der Waals surface area contributed by atoms with E-state index in [1.165, 1.54) is 22.5 Å². The molecule has 0 bridgehead atoms. The summed E-state index contributed by atoms with van der Waals surface area (Å²) < 4.78 is 0. The van der Waals surface area contributed by atoms with Crippen molar-refractivity contribution in [2.24, 2.45) is 11.7 Å². The Hall–Kier alpha value is -2.41. The number of hydrogen-bond donors (Lipinski definition) is 3. The molecule has 1 aromatic carbocycles. The Labute approximate surface area is 151 Å². The number of nitrogens with two attached hydrogens (primary N) is 1. The van der Waals surface area contributed by atoms with Gasteiger partial charge in [-0.3, -0.25) is 4.79 Å². The van der Waals surface area contributed by atoms with Gasteiger partial charge in [0.05, 0.1) is 5.69 Å². The molecular weight excluding hydrogens is 336 g/mol. The van der Waals surface area contributed by atoms with E-state index >= 15 is 0 Å². The summed E-state index contributed by atoms with van der Waals surface area (Å²) in [6, 6.07) is 2.82. The summed E-state index contributed by atoms with van der Waals surface area (Å²) in [4.78, 5) is 28.0. The number of aryl methyl sites for hydroxylation is 3. The van der Waals surface area contributed by atoms with Crippen LogP contribution >= 0.6 is 11.3 Å². The summed E-state index contributed by atoms with van der Waals surface area (Å²) in [5.41, 5.74) is 10.6. The van der Waals surface area contributed by atoms with Crippen LogP contribution in [-0.2, 0) is 4.79 Å². The van der Waals surface area contributed by atoms with E-state index in [2.05, 4.69) is 41.6 Å². The quantitative estimate of drug-likeness (QED) is 0.762. The maximum absolute atomic E-state index is 12.4. The normalized spacial score (nSPS) is 12.1. The average Bonchev–Trinajstić information content (AvgIpc) is 2.96. The van der Waals surface area contributed by atoms with Crippen molar-refractivity contribution in [1.29, 1.82) is 0 Å². The van der Waals surface area contributed by atoms with E-state index in [0.717, 1.165) is 16.8 Å². The molecule has 2 rings (SSSR count). The molecule has 2 aromatic rings. The first kappa shape index (κ1) is 18.9. The van der Waals surface area contributed by atoms with Crippen molar-refractivity contribution < 1.29 is 9.59 Å². The molecule has 134 valence electrons. The molecule has 7 heteroatoms. The second kappa shape index (κ2) is 7.65. The van der Waals surface area contributed by atoms with Crippen molar-refractivity contribution in [2.45, 2.75) is 40.7 Å². The van der Waals surface area contributed by atoms with Gasteiger partial charge in [0, 0.05) is 10.9 Å². The third kappa shape index (κ3) is 4.57. The zero-order chi connectivity index (χ0) is 18.7. The fourth-order valence-corrected chi connectivity index (χ4v) is 3.28. The topological polar surface area (TPSA) is 97.1 Å². The summed E-state index contributed by atoms with van der Waals surface area (Å²) in [6.07, 6.45) is 0. The van der Waals surface area contributed by atoms with E-state index in [9.17, 15) is 9.59 Å². The minimum atomic E-state index is -0.723. The van der Waals surface area contributed by atoms with E-state index < -0.39 is 12.1 Å². The van der Waals surface area contributed by atoms with E-state index in [4.69, 9.17) is 5.73 Å². The zero-order valence-electron chi connectivity index (χ0n) is 15.1. The van der Waals surface area contributed by atoms with Gasteiger partial charge in [0.2, 0.25) is 5.91 Å². The van der Waals surface area contributed by atoms with Crippen LogP contribution in [0.3, 0.4) is 0 Å². The lowest BCUT2D eigenvalue weighted by Gasteiger charge is -2.19. The number of thiazole rings is 1. The highest BCUT2D eigenvalue weighted by molar-refractivity contribution is 7.14. The summed E-state index contributed by atoms with van der Waals surface area (Å²) in [7, 11) is 0. The number of anilines is 1. The van der Waals surface area contributed by atoms with Crippen molar-refractivity contribution in [3.05, 3.63) is 34.2 Å². The number of primary amides is 1. The van der Waals surface area contributed by atoms with E-state index in [1.54, 1.807) is 0 Å². The number of aromatic nitrogens is 1. The second-order valence-electron chi connectivity index (χ2n) is 6.51. The molecule has 0 fully saturated rings. The molecule has 1 atom stereocenters. The van der Waals surface area contributed by atoms with Crippen LogP contribution in [0.4, 0.5) is 9.93 Å². The number of amides is 3. The third-order valence-corrected chi connectivity index (χ3v) is 4.86. The van der Waals surface area contributed by atoms with Crippen LogP contribution in [0.15, 0.2) is 17.5 Å². The Bertz CT molecular complexity index is 798. The summed E-state index contributed by atoms with van der Waals surface area (Å²) in [5.74, 6) is -0.416. The molecule has 3 amide bonds. The van der Waals surface area contributed by atoms with Crippen molar-refractivity contribution in [2.75, 3.05) is 5.32 Å². The maximum Gasteiger partial charge on any atom is 0.312 e. The molecule has 0 aliphatic heterocycles. The van der Waals surface area contributed by atoms with Gasteiger partial charge in [-0.05, 0) is 49.4 Å². The molecule has 0 saturated heterocycles. The fourth-order valence-electron chi connectivity index (χ4n) is 2.56. The van der Waals surface area contributed by atoms with Gasteiger partial charge < -0.3 is 16.4 Å². The monoisotopic (exact) mass is 360 g/mol. The van der Waals surface area contributed by atoms with Gasteiger partial charge in [-0.15, -0.1) is 11.3 Å². The van der Waals surface area contributed by atoms with Gasteiger partial charge in [-0.2, -0.15) is 0 Å². The zero-order valence-corrected chi connectivity index (χ0v) is 16.0. The molecule has 25 heavy (non-hydrogen) atoms. The largest absolute Gasteiger partial charge is 0.352 e.